The Balaban J connectivity index is 1.90. The largest absolute Gasteiger partial charge is 0.385 e. The van der Waals surface area contributed by atoms with Gasteiger partial charge in [0.25, 0.3) is 0 Å². The third-order valence-electron chi connectivity index (χ3n) is 5.27. The summed E-state index contributed by atoms with van der Waals surface area (Å²) in [5.74, 6) is 0.165. The Morgan fingerprint density at radius 2 is 2.19 bits per heavy atom. The van der Waals surface area contributed by atoms with Gasteiger partial charge in [-0.3, -0.25) is 4.90 Å². The molecule has 1 aliphatic heterocycles. The van der Waals surface area contributed by atoms with Gasteiger partial charge < -0.3 is 14.9 Å². The highest BCUT2D eigenvalue weighted by Gasteiger charge is 2.51. The average molecular weight is 291 g/mol. The minimum atomic E-state index is -0.861. The summed E-state index contributed by atoms with van der Waals surface area (Å²) in [6, 6.07) is 8.40. The lowest BCUT2D eigenvalue weighted by atomic mass is 9.69. The Hall–Kier alpha value is -0.940. The van der Waals surface area contributed by atoms with Gasteiger partial charge in [-0.05, 0) is 38.2 Å². The predicted octanol–water partition coefficient (Wildman–Crippen LogP) is 1.98. The molecule has 4 nitrogen and oxygen atoms in total. The van der Waals surface area contributed by atoms with Crippen LogP contribution in [0.1, 0.15) is 36.8 Å². The zero-order valence-corrected chi connectivity index (χ0v) is 12.8. The second kappa shape index (κ2) is 5.69. The van der Waals surface area contributed by atoms with Crippen molar-refractivity contribution >= 4 is 0 Å². The number of aliphatic hydroxyl groups excluding tert-OH is 1. The number of benzene rings is 1. The van der Waals surface area contributed by atoms with Gasteiger partial charge in [-0.2, -0.15) is 0 Å². The molecule has 1 aromatic carbocycles. The Kier molecular flexibility index (Phi) is 4.06. The van der Waals surface area contributed by atoms with E-state index >= 15 is 0 Å². The standard InChI is InChI=1S/C17H25NO3/c1-12-5-3-6-13(11-12)17(20)9-4-7-15-14(17)8-10-18(15)16(19)21-2/h3,5-6,11,14-16,19-20H,4,7-10H2,1-2H3/t14-,15-,16?,17-/m1/s1. The molecule has 0 bridgehead atoms. The number of rotatable bonds is 3. The number of likely N-dealkylation sites (tertiary alicyclic amines) is 1. The fraction of sp³-hybridized carbons (Fsp3) is 0.647. The smallest absolute Gasteiger partial charge is 0.216 e. The van der Waals surface area contributed by atoms with Crippen molar-refractivity contribution in [3.63, 3.8) is 0 Å². The first-order valence-corrected chi connectivity index (χ1v) is 7.82. The van der Waals surface area contributed by atoms with Crippen molar-refractivity contribution in [1.29, 1.82) is 0 Å². The van der Waals surface area contributed by atoms with Crippen molar-refractivity contribution in [3.8, 4) is 0 Å². The molecule has 2 fully saturated rings. The van der Waals surface area contributed by atoms with Crippen LogP contribution >= 0.6 is 0 Å². The molecule has 4 heteroatoms. The van der Waals surface area contributed by atoms with Crippen LogP contribution in [0.4, 0.5) is 0 Å². The number of aryl methyl sites for hydroxylation is 1. The molecule has 116 valence electrons. The summed E-state index contributed by atoms with van der Waals surface area (Å²) >= 11 is 0. The van der Waals surface area contributed by atoms with Gasteiger partial charge in [0.2, 0.25) is 6.41 Å². The van der Waals surface area contributed by atoms with E-state index < -0.39 is 12.0 Å². The quantitative estimate of drug-likeness (QED) is 0.836. The lowest BCUT2D eigenvalue weighted by Gasteiger charge is -2.44. The van der Waals surface area contributed by atoms with Gasteiger partial charge in [0, 0.05) is 25.6 Å². The number of hydrogen-bond donors (Lipinski definition) is 2. The molecule has 1 unspecified atom stereocenters. The summed E-state index contributed by atoms with van der Waals surface area (Å²) in [6.07, 6.45) is 2.82. The van der Waals surface area contributed by atoms with Gasteiger partial charge >= 0.3 is 0 Å². The number of fused-ring (bicyclic) bond motifs is 1. The lowest BCUT2D eigenvalue weighted by Crippen LogP contribution is -2.50. The van der Waals surface area contributed by atoms with Crippen molar-refractivity contribution in [2.24, 2.45) is 5.92 Å². The maximum atomic E-state index is 11.4. The fourth-order valence-corrected chi connectivity index (χ4v) is 4.25. The molecule has 2 aliphatic rings. The number of nitrogens with zero attached hydrogens (tertiary/aromatic N) is 1. The molecule has 1 saturated heterocycles. The molecular formula is C17H25NO3. The van der Waals surface area contributed by atoms with Crippen LogP contribution in [-0.2, 0) is 10.3 Å². The van der Waals surface area contributed by atoms with E-state index in [9.17, 15) is 10.2 Å². The molecule has 1 saturated carbocycles. The normalized spacial score (nSPS) is 34.7. The van der Waals surface area contributed by atoms with Crippen LogP contribution in [0.2, 0.25) is 0 Å². The maximum absolute atomic E-state index is 11.4. The van der Waals surface area contributed by atoms with Crippen LogP contribution in [-0.4, -0.2) is 41.2 Å². The topological polar surface area (TPSA) is 52.9 Å². The summed E-state index contributed by atoms with van der Waals surface area (Å²) in [7, 11) is 1.52. The summed E-state index contributed by atoms with van der Waals surface area (Å²) in [5.41, 5.74) is 1.41. The minimum Gasteiger partial charge on any atom is -0.385 e. The second-order valence-corrected chi connectivity index (χ2v) is 6.45. The molecule has 0 spiro atoms. The summed E-state index contributed by atoms with van der Waals surface area (Å²) in [5, 5.41) is 21.4. The van der Waals surface area contributed by atoms with Gasteiger partial charge in [0.05, 0.1) is 5.60 Å². The molecule has 0 radical (unpaired) electrons. The van der Waals surface area contributed by atoms with Gasteiger partial charge in [0.1, 0.15) is 0 Å². The Labute approximate surface area is 126 Å². The van der Waals surface area contributed by atoms with Gasteiger partial charge in [-0.1, -0.05) is 29.8 Å². The van der Waals surface area contributed by atoms with E-state index in [-0.39, 0.29) is 12.0 Å². The highest BCUT2D eigenvalue weighted by atomic mass is 16.6. The number of methoxy groups -OCH3 is 1. The summed E-state index contributed by atoms with van der Waals surface area (Å²) in [4.78, 5) is 1.99. The van der Waals surface area contributed by atoms with Gasteiger partial charge in [0.15, 0.2) is 0 Å². The van der Waals surface area contributed by atoms with Gasteiger partial charge in [-0.15, -0.1) is 0 Å². The molecule has 1 aliphatic carbocycles. The predicted molar refractivity (Wildman–Crippen MR) is 80.5 cm³/mol. The van der Waals surface area contributed by atoms with Crippen LogP contribution < -0.4 is 0 Å². The van der Waals surface area contributed by atoms with E-state index in [1.54, 1.807) is 0 Å². The second-order valence-electron chi connectivity index (χ2n) is 6.45. The van der Waals surface area contributed by atoms with Crippen LogP contribution in [0.5, 0.6) is 0 Å². The highest BCUT2D eigenvalue weighted by molar-refractivity contribution is 5.29. The van der Waals surface area contributed by atoms with E-state index in [1.807, 2.05) is 17.0 Å². The van der Waals surface area contributed by atoms with Crippen molar-refractivity contribution < 1.29 is 14.9 Å². The van der Waals surface area contributed by atoms with Crippen LogP contribution in [0.25, 0.3) is 0 Å². The molecule has 2 N–H and O–H groups in total. The van der Waals surface area contributed by atoms with Crippen molar-refractivity contribution in [2.45, 2.75) is 50.7 Å². The zero-order chi connectivity index (χ0) is 15.0. The van der Waals surface area contributed by atoms with Crippen molar-refractivity contribution in [2.75, 3.05) is 13.7 Å². The summed E-state index contributed by atoms with van der Waals surface area (Å²) < 4.78 is 5.08. The third-order valence-corrected chi connectivity index (χ3v) is 5.27. The highest BCUT2D eigenvalue weighted by Crippen LogP contribution is 2.48. The molecular weight excluding hydrogens is 266 g/mol. The zero-order valence-electron chi connectivity index (χ0n) is 12.8. The first-order valence-electron chi connectivity index (χ1n) is 7.82. The SMILES string of the molecule is COC(O)N1CC[C@@H]2[C@H]1CCC[C@@]2(O)c1cccc(C)c1. The van der Waals surface area contributed by atoms with Crippen LogP contribution in [0.15, 0.2) is 24.3 Å². The third kappa shape index (κ3) is 2.50. The van der Waals surface area contributed by atoms with E-state index in [1.165, 1.54) is 12.7 Å². The minimum absolute atomic E-state index is 0.165. The Morgan fingerprint density at radius 3 is 2.90 bits per heavy atom. The van der Waals surface area contributed by atoms with E-state index in [4.69, 9.17) is 4.74 Å². The number of hydrogen-bond acceptors (Lipinski definition) is 4. The first-order chi connectivity index (χ1) is 10.1. The number of ether oxygens (including phenoxy) is 1. The van der Waals surface area contributed by atoms with Crippen molar-refractivity contribution in [3.05, 3.63) is 35.4 Å². The lowest BCUT2D eigenvalue weighted by molar-refractivity contribution is -0.193. The van der Waals surface area contributed by atoms with Crippen LogP contribution in [0.3, 0.4) is 0 Å². The average Bonchev–Trinajstić information content (AvgIpc) is 2.92. The van der Waals surface area contributed by atoms with Crippen molar-refractivity contribution in [1.82, 2.24) is 4.90 Å². The molecule has 3 rings (SSSR count). The maximum Gasteiger partial charge on any atom is 0.216 e. The molecule has 0 aromatic heterocycles. The van der Waals surface area contributed by atoms with Gasteiger partial charge in [-0.25, -0.2) is 0 Å². The fourth-order valence-electron chi connectivity index (χ4n) is 4.25. The van der Waals surface area contributed by atoms with Crippen LogP contribution in [0, 0.1) is 12.8 Å². The van der Waals surface area contributed by atoms with E-state index in [0.29, 0.717) is 0 Å². The Morgan fingerprint density at radius 1 is 1.38 bits per heavy atom. The first kappa shape index (κ1) is 15.0. The molecule has 21 heavy (non-hydrogen) atoms. The van der Waals surface area contributed by atoms with E-state index in [0.717, 1.165) is 37.8 Å². The Bertz CT molecular complexity index is 507. The van der Waals surface area contributed by atoms with E-state index in [2.05, 4.69) is 19.1 Å². The monoisotopic (exact) mass is 291 g/mol. The summed E-state index contributed by atoms with van der Waals surface area (Å²) in [6.45, 7) is 2.83. The molecule has 1 heterocycles. The molecule has 0 amide bonds. The molecule has 1 aromatic rings. The molecule has 4 atom stereocenters. The number of aliphatic hydroxyl groups is 2.